The topological polar surface area (TPSA) is 64.0 Å². The zero-order valence-corrected chi connectivity index (χ0v) is 76.9. The van der Waals surface area contributed by atoms with Gasteiger partial charge in [0.2, 0.25) is 0 Å². The summed E-state index contributed by atoms with van der Waals surface area (Å²) in [5, 5.41) is 19.8. The minimum Gasteiger partial charge on any atom is -0.456 e. The Morgan fingerprint density at radius 1 is 0.199 bits per heavy atom. The van der Waals surface area contributed by atoms with E-state index in [0.29, 0.717) is 0 Å². The van der Waals surface area contributed by atoms with E-state index in [1.807, 2.05) is 6.07 Å². The van der Waals surface area contributed by atoms with Gasteiger partial charge in [0.05, 0.1) is 61.3 Å². The third-order valence-corrected chi connectivity index (χ3v) is 31.0. The van der Waals surface area contributed by atoms with Crippen molar-refractivity contribution in [1.29, 1.82) is 0 Å². The quantitative estimate of drug-likeness (QED) is 0.107. The van der Waals surface area contributed by atoms with Gasteiger partial charge in [-0.3, -0.25) is 0 Å². The van der Waals surface area contributed by atoms with Crippen LogP contribution in [0.5, 0.6) is 0 Å². The van der Waals surface area contributed by atoms with Crippen LogP contribution in [0, 0.1) is 0 Å². The van der Waals surface area contributed by atoms with E-state index in [0.717, 1.165) is 221 Å². The average Bonchev–Trinajstić information content (AvgIpc) is 1.54. The number of furan rings is 4. The lowest BCUT2D eigenvalue weighted by atomic mass is 9.67. The van der Waals surface area contributed by atoms with Gasteiger partial charge in [0.15, 0.2) is 11.2 Å². The van der Waals surface area contributed by atoms with E-state index in [9.17, 15) is 0 Å². The molecular formula is C134H83N3O4. The first-order chi connectivity index (χ1) is 69.7. The largest absolute Gasteiger partial charge is 0.456 e. The highest BCUT2D eigenvalue weighted by molar-refractivity contribution is 6.25. The summed E-state index contributed by atoms with van der Waals surface area (Å²) in [6.45, 7) is 4.70. The number of fused-ring (bicyclic) bond motifs is 27. The van der Waals surface area contributed by atoms with Crippen molar-refractivity contribution in [2.75, 3.05) is 9.80 Å². The summed E-state index contributed by atoms with van der Waals surface area (Å²) in [5.41, 5.74) is 35.9. The molecule has 2 aliphatic carbocycles. The molecule has 23 aromatic carbocycles. The molecule has 7 nitrogen and oxygen atoms in total. The fourth-order valence-corrected chi connectivity index (χ4v) is 24.7. The Kier molecular flexibility index (Phi) is 16.9. The Morgan fingerprint density at radius 2 is 0.631 bits per heavy atom. The zero-order chi connectivity index (χ0) is 92.6. The minimum atomic E-state index is -0.745. The first-order valence-electron chi connectivity index (χ1n) is 48.6. The smallest absolute Gasteiger partial charge is 0.159 e. The Hall–Kier alpha value is -18.3. The molecule has 5 aromatic heterocycles. The molecule has 141 heavy (non-hydrogen) atoms. The number of aromatic nitrogens is 1. The first-order valence-corrected chi connectivity index (χ1v) is 48.6. The minimum absolute atomic E-state index is 0.144. The SMILES string of the molecule is CC1(C)c2ccccc2-c2ccc(-c3ccc4c(c3)oc3cccc(N(c5cc6ccccc6c6ccccc56)c5cccc6oc7ccc(-c8cc(-c9ccc(C%10(c%11ccccc%11)c%11ccccc%11-c%11ccc(-c%12ccc%13c(c%12)oc%12c(N(c%14cc%15ccccc%15c%15ccccc%14%15)c%14cccc%15c%14oc%14ccccc%14%15)cccc%12%13)cc%11%10)cc9)cc9c8c8ccccc8n9-c8ccccc8)cc7c56)c34)cc21. The molecule has 2 aliphatic rings. The highest BCUT2D eigenvalue weighted by Crippen LogP contribution is 2.60. The molecule has 28 aromatic rings. The molecule has 0 bridgehead atoms. The van der Waals surface area contributed by atoms with Crippen LogP contribution in [0.15, 0.2) is 485 Å². The van der Waals surface area contributed by atoms with Gasteiger partial charge in [-0.2, -0.15) is 0 Å². The first kappa shape index (κ1) is 79.0. The maximum Gasteiger partial charge on any atom is 0.159 e. The monoisotopic (exact) mass is 1800 g/mol. The predicted octanol–water partition coefficient (Wildman–Crippen LogP) is 37.3. The molecule has 658 valence electrons. The lowest BCUT2D eigenvalue weighted by Gasteiger charge is -2.34. The second-order valence-electron chi connectivity index (χ2n) is 38.7. The number of anilines is 6. The predicted molar refractivity (Wildman–Crippen MR) is 586 cm³/mol. The van der Waals surface area contributed by atoms with Crippen molar-refractivity contribution in [2.45, 2.75) is 24.7 Å². The summed E-state index contributed by atoms with van der Waals surface area (Å²) in [5.74, 6) is 0. The molecule has 0 saturated heterocycles. The lowest BCUT2D eigenvalue weighted by molar-refractivity contribution is 0.660. The fraction of sp³-hybridized carbons (Fsp3) is 0.0299. The second-order valence-corrected chi connectivity index (χ2v) is 38.7. The van der Waals surface area contributed by atoms with Gasteiger partial charge in [-0.05, 0) is 266 Å². The summed E-state index contributed by atoms with van der Waals surface area (Å²) >= 11 is 0. The molecule has 0 amide bonds. The summed E-state index contributed by atoms with van der Waals surface area (Å²) in [4.78, 5) is 4.87. The van der Waals surface area contributed by atoms with Crippen molar-refractivity contribution in [1.82, 2.24) is 4.57 Å². The van der Waals surface area contributed by atoms with Crippen LogP contribution >= 0.6 is 0 Å². The molecule has 1 unspecified atom stereocenters. The third kappa shape index (κ3) is 11.5. The Balaban J connectivity index is 0.572. The fourth-order valence-electron chi connectivity index (χ4n) is 24.7. The standard InChI is InChI=1S/C134H83N3O4/c1-133(2)110-47-21-17-39-96(110)98-66-59-81(73-112(98)133)84-62-69-107-127(79-84)139-124-55-27-50-115(129(107)124)136(119-75-85-29-9-11-35-92(85)94-37-13-15-41-100(94)119)116-51-28-56-125-130(116)109-71-87(63-70-123(109)138-125)108-72-88(77-121-128(108)106-44-19-23-49-114(106)135(121)91-33-7-4-8-34-91)80-57-64-90(65-58-80)134(89-31-5-3-6-32-89)111-48-22-18-40-97(111)99-67-60-82(74-113(99)134)83-61-68-103-105-46-26-53-118(132(105)141-126(103)78-83)137(117-52-25-45-104-102-43-20-24-54-122(102)140-131(104)117)120-76-86-30-10-12-36-93(86)95-38-14-16-42-101(95)120/h3-79H,1-2H3. The van der Waals surface area contributed by atoms with Crippen molar-refractivity contribution in [2.24, 2.45) is 0 Å². The molecule has 1 atom stereocenters. The second kappa shape index (κ2) is 30.1. The molecule has 0 fully saturated rings. The molecule has 0 radical (unpaired) electrons. The average molecular weight is 1800 g/mol. The highest BCUT2D eigenvalue weighted by atomic mass is 16.3. The Bertz CT molecular complexity index is 10200. The maximum atomic E-state index is 7.46. The molecule has 7 heteroatoms. The van der Waals surface area contributed by atoms with E-state index in [1.165, 1.54) is 71.6 Å². The number of nitrogens with zero attached hydrogens (tertiary/aromatic N) is 3. The lowest BCUT2D eigenvalue weighted by Crippen LogP contribution is -2.28. The van der Waals surface area contributed by atoms with Crippen LogP contribution in [0.1, 0.15) is 47.2 Å². The van der Waals surface area contributed by atoms with Crippen LogP contribution in [-0.2, 0) is 10.8 Å². The van der Waals surface area contributed by atoms with E-state index in [2.05, 4.69) is 489 Å². The summed E-state index contributed by atoms with van der Waals surface area (Å²) in [6.07, 6.45) is 0. The van der Waals surface area contributed by atoms with Crippen molar-refractivity contribution in [3.05, 3.63) is 500 Å². The van der Waals surface area contributed by atoms with Gasteiger partial charge in [-0.1, -0.05) is 347 Å². The van der Waals surface area contributed by atoms with Crippen LogP contribution in [0.4, 0.5) is 34.1 Å². The summed E-state index contributed by atoms with van der Waals surface area (Å²) in [7, 11) is 0. The van der Waals surface area contributed by atoms with Gasteiger partial charge in [-0.25, -0.2) is 0 Å². The van der Waals surface area contributed by atoms with Gasteiger partial charge in [0, 0.05) is 65.0 Å². The molecule has 0 N–H and O–H groups in total. The van der Waals surface area contributed by atoms with Crippen LogP contribution in [0.2, 0.25) is 0 Å². The van der Waals surface area contributed by atoms with Gasteiger partial charge < -0.3 is 32.0 Å². The zero-order valence-electron chi connectivity index (χ0n) is 76.9. The van der Waals surface area contributed by atoms with Gasteiger partial charge >= 0.3 is 0 Å². The van der Waals surface area contributed by atoms with Crippen LogP contribution in [-0.4, -0.2) is 4.57 Å². The van der Waals surface area contributed by atoms with Crippen LogP contribution in [0.25, 0.3) is 225 Å². The number of hydrogen-bond acceptors (Lipinski definition) is 6. The maximum absolute atomic E-state index is 7.46. The van der Waals surface area contributed by atoms with Gasteiger partial charge in [0.1, 0.15) is 33.5 Å². The van der Waals surface area contributed by atoms with Gasteiger partial charge in [-0.15, -0.1) is 0 Å². The number of rotatable bonds is 13. The van der Waals surface area contributed by atoms with Gasteiger partial charge in [0.25, 0.3) is 0 Å². The van der Waals surface area contributed by atoms with Crippen LogP contribution in [0.3, 0.4) is 0 Å². The Labute approximate surface area is 810 Å². The van der Waals surface area contributed by atoms with Crippen molar-refractivity contribution >= 4 is 187 Å². The number of hydrogen-bond donors (Lipinski definition) is 0. The molecular weight excluding hydrogens is 1720 g/mol. The van der Waals surface area contributed by atoms with E-state index in [1.54, 1.807) is 0 Å². The van der Waals surface area contributed by atoms with Crippen molar-refractivity contribution in [3.8, 4) is 72.4 Å². The summed E-state index contributed by atoms with van der Waals surface area (Å²) in [6, 6.07) is 172. The summed E-state index contributed by atoms with van der Waals surface area (Å²) < 4.78 is 31.3. The number of para-hydroxylation sites is 5. The van der Waals surface area contributed by atoms with E-state index < -0.39 is 5.41 Å². The molecule has 30 rings (SSSR count). The normalized spacial score (nSPS) is 13.8. The van der Waals surface area contributed by atoms with E-state index in [4.69, 9.17) is 17.7 Å². The van der Waals surface area contributed by atoms with E-state index >= 15 is 0 Å². The highest BCUT2D eigenvalue weighted by Gasteiger charge is 2.47. The van der Waals surface area contributed by atoms with E-state index in [-0.39, 0.29) is 5.41 Å². The molecule has 0 aliphatic heterocycles. The van der Waals surface area contributed by atoms with Crippen molar-refractivity contribution in [3.63, 3.8) is 0 Å². The third-order valence-electron chi connectivity index (χ3n) is 31.0. The molecule has 5 heterocycles. The molecule has 0 spiro atoms. The van der Waals surface area contributed by atoms with Crippen molar-refractivity contribution < 1.29 is 17.7 Å². The van der Waals surface area contributed by atoms with Crippen LogP contribution < -0.4 is 9.80 Å². The number of benzene rings is 23. The molecule has 0 saturated carbocycles. The Morgan fingerprint density at radius 3 is 1.30 bits per heavy atom.